The van der Waals surface area contributed by atoms with E-state index >= 15 is 0 Å². The third-order valence-corrected chi connectivity index (χ3v) is 5.42. The van der Waals surface area contributed by atoms with Crippen molar-refractivity contribution >= 4 is 80.1 Å². The van der Waals surface area contributed by atoms with Crippen molar-refractivity contribution in [1.29, 1.82) is 0 Å². The van der Waals surface area contributed by atoms with Crippen LogP contribution in [-0.2, 0) is 42.3 Å². The fraction of sp³-hybridized carbons (Fsp3) is 0.364. The molecule has 1 aromatic carbocycles. The van der Waals surface area contributed by atoms with Crippen molar-refractivity contribution in [2.45, 2.75) is 27.7 Å². The average Bonchev–Trinajstić information content (AvgIpc) is 2.76. The molecule has 0 radical (unpaired) electrons. The van der Waals surface area contributed by atoms with E-state index in [1.807, 2.05) is 49.6 Å². The first-order valence-electron chi connectivity index (χ1n) is 9.89. The maximum Gasteiger partial charge on any atom is 2.00 e. The Hall–Kier alpha value is -1.22. The Kier molecular flexibility index (Phi) is 15.8. The number of hydrogen-bond donors (Lipinski definition) is 0. The Morgan fingerprint density at radius 2 is 1.03 bits per heavy atom. The third-order valence-electron chi connectivity index (χ3n) is 4.39. The zero-order valence-electron chi connectivity index (χ0n) is 18.2. The molecule has 0 atom stereocenters. The largest absolute Gasteiger partial charge is 2.00 e. The predicted molar refractivity (Wildman–Crippen MR) is 143 cm³/mol. The van der Waals surface area contributed by atoms with E-state index < -0.39 is 0 Å². The number of fused-ring (bicyclic) bond motifs is 3. The Balaban J connectivity index is 0.000000465. The van der Waals surface area contributed by atoms with Gasteiger partial charge in [0.15, 0.2) is 0 Å². The molecule has 2 aromatic heterocycles. The molecule has 0 aliphatic heterocycles. The van der Waals surface area contributed by atoms with Crippen LogP contribution in [0.25, 0.3) is 21.8 Å². The Bertz CT molecular complexity index is 870. The van der Waals surface area contributed by atoms with Crippen molar-refractivity contribution in [3.8, 4) is 0 Å². The Labute approximate surface area is 218 Å². The Morgan fingerprint density at radius 3 is 1.26 bits per heavy atom. The maximum absolute atomic E-state index is 4.76. The number of hydrogen-bond acceptors (Lipinski definition) is 6. The van der Waals surface area contributed by atoms with Crippen LogP contribution >= 0.6 is 24.4 Å². The second-order valence-corrected chi connectivity index (χ2v) is 8.16. The molecule has 0 saturated heterocycles. The van der Waals surface area contributed by atoms with Crippen molar-refractivity contribution in [1.82, 2.24) is 19.8 Å². The van der Waals surface area contributed by atoms with Gasteiger partial charge in [0.2, 0.25) is 0 Å². The summed E-state index contributed by atoms with van der Waals surface area (Å²) in [6, 6.07) is 12.1. The van der Waals surface area contributed by atoms with Crippen molar-refractivity contribution in [3.63, 3.8) is 0 Å². The third kappa shape index (κ3) is 9.85. The Morgan fingerprint density at radius 1 is 0.710 bits per heavy atom. The number of thiocarbonyl (C=S) groups is 2. The number of rotatable bonds is 4. The summed E-state index contributed by atoms with van der Waals surface area (Å²) in [7, 11) is 0. The van der Waals surface area contributed by atoms with Gasteiger partial charge in [0.05, 0.1) is 11.0 Å². The van der Waals surface area contributed by atoms with Crippen molar-refractivity contribution in [3.05, 3.63) is 48.8 Å². The molecule has 3 rings (SSSR count). The molecule has 0 fully saturated rings. The minimum atomic E-state index is 0. The molecule has 0 N–H and O–H groups in total. The fourth-order valence-electron chi connectivity index (χ4n) is 2.64. The fourth-order valence-corrected chi connectivity index (χ4v) is 3.68. The van der Waals surface area contributed by atoms with Gasteiger partial charge in [-0.1, -0.05) is 32.9 Å². The average molecular weight is 533 g/mol. The molecule has 9 heteroatoms. The van der Waals surface area contributed by atoms with Gasteiger partial charge in [0, 0.05) is 49.3 Å². The molecule has 168 valence electrons. The van der Waals surface area contributed by atoms with E-state index in [-0.39, 0.29) is 17.1 Å². The normalized spacial score (nSPS) is 9.42. The summed E-state index contributed by atoms with van der Waals surface area (Å²) in [5.41, 5.74) is 1.95. The van der Waals surface area contributed by atoms with Gasteiger partial charge in [-0.05, 0) is 39.8 Å². The molecule has 0 bridgehead atoms. The summed E-state index contributed by atoms with van der Waals surface area (Å²) in [6.07, 6.45) is 3.60. The van der Waals surface area contributed by atoms with E-state index in [0.717, 1.165) is 48.0 Å². The molecule has 2 heterocycles. The van der Waals surface area contributed by atoms with Gasteiger partial charge in [-0.3, -0.25) is 9.97 Å². The second kappa shape index (κ2) is 16.4. The second-order valence-electron chi connectivity index (χ2n) is 6.09. The summed E-state index contributed by atoms with van der Waals surface area (Å²) in [6.45, 7) is 11.9. The maximum atomic E-state index is 4.76. The minimum absolute atomic E-state index is 0. The van der Waals surface area contributed by atoms with E-state index in [1.54, 1.807) is 12.4 Å². The van der Waals surface area contributed by atoms with Gasteiger partial charge in [-0.2, -0.15) is 0 Å². The molecule has 3 aromatic rings. The molecule has 0 saturated carbocycles. The smallest absolute Gasteiger partial charge is 0.411 e. The van der Waals surface area contributed by atoms with Crippen LogP contribution in [0.3, 0.4) is 0 Å². The first-order chi connectivity index (χ1) is 14.4. The van der Waals surface area contributed by atoms with Gasteiger partial charge >= 0.3 is 17.1 Å². The van der Waals surface area contributed by atoms with Crippen LogP contribution in [0.4, 0.5) is 0 Å². The summed E-state index contributed by atoms with van der Waals surface area (Å²) in [5, 5.41) is 2.28. The summed E-state index contributed by atoms with van der Waals surface area (Å²) >= 11 is 19.0. The quantitative estimate of drug-likeness (QED) is 0.199. The zero-order valence-corrected chi connectivity index (χ0v) is 22.6. The van der Waals surface area contributed by atoms with Gasteiger partial charge < -0.3 is 59.5 Å². The van der Waals surface area contributed by atoms with Crippen LogP contribution in [0.15, 0.2) is 48.8 Å². The number of benzene rings is 1. The summed E-state index contributed by atoms with van der Waals surface area (Å²) < 4.78 is 1.16. The molecule has 0 unspecified atom stereocenters. The van der Waals surface area contributed by atoms with E-state index in [2.05, 4.69) is 34.2 Å². The first kappa shape index (κ1) is 29.8. The van der Waals surface area contributed by atoms with Gasteiger partial charge in [0.25, 0.3) is 0 Å². The molecule has 4 nitrogen and oxygen atoms in total. The van der Waals surface area contributed by atoms with Gasteiger partial charge in [-0.15, -0.1) is 0 Å². The zero-order chi connectivity index (χ0) is 22.5. The molecular formula is C22H28FeN4S4. The first-order valence-corrected chi connectivity index (χ1v) is 11.5. The summed E-state index contributed by atoms with van der Waals surface area (Å²) in [4.78, 5) is 12.6. The number of nitrogens with zero attached hydrogens (tertiary/aromatic N) is 4. The van der Waals surface area contributed by atoms with Crippen molar-refractivity contribution in [2.24, 2.45) is 0 Å². The van der Waals surface area contributed by atoms with Crippen LogP contribution < -0.4 is 0 Å². The minimum Gasteiger partial charge on any atom is -0.411 e. The summed E-state index contributed by atoms with van der Waals surface area (Å²) in [5.74, 6) is 0. The van der Waals surface area contributed by atoms with E-state index in [1.165, 1.54) is 0 Å². The number of aromatic nitrogens is 2. The standard InChI is InChI=1S/C12H8N2.2C5H11NS2.Fe/c1-3-9-5-6-10-4-2-8-14-12(10)11(9)13-7-1;2*1-3-6(4-2)5(7)8;/h1-8H;2*3-4H2,1-2H3,(H,7,8);/q;;;+2/p-2. The molecular weight excluding hydrogens is 504 g/mol. The van der Waals surface area contributed by atoms with Crippen LogP contribution in [0.2, 0.25) is 0 Å². The predicted octanol–water partition coefficient (Wildman–Crippen LogP) is 5.10. The SMILES string of the molecule is CCN(CC)C(=S)[S-].CCN(CC)C(=S)[S-].[Fe+2].c1cnc2c(c1)ccc1cccnc12. The van der Waals surface area contributed by atoms with Crippen LogP contribution in [0.5, 0.6) is 0 Å². The molecule has 0 spiro atoms. The molecule has 31 heavy (non-hydrogen) atoms. The van der Waals surface area contributed by atoms with Crippen LogP contribution in [-0.4, -0.2) is 54.6 Å². The molecule has 0 amide bonds. The van der Waals surface area contributed by atoms with Crippen LogP contribution in [0.1, 0.15) is 27.7 Å². The van der Waals surface area contributed by atoms with Gasteiger partial charge in [-0.25, -0.2) is 0 Å². The van der Waals surface area contributed by atoms with Gasteiger partial charge in [0.1, 0.15) is 0 Å². The van der Waals surface area contributed by atoms with E-state index in [9.17, 15) is 0 Å². The monoisotopic (exact) mass is 532 g/mol. The van der Waals surface area contributed by atoms with Crippen LogP contribution in [0, 0.1) is 0 Å². The number of pyridine rings is 2. The van der Waals surface area contributed by atoms with Crippen molar-refractivity contribution in [2.75, 3.05) is 26.2 Å². The van der Waals surface area contributed by atoms with E-state index in [0.29, 0.717) is 8.64 Å². The molecule has 0 aliphatic rings. The van der Waals surface area contributed by atoms with Crippen molar-refractivity contribution < 1.29 is 17.1 Å². The van der Waals surface area contributed by atoms with E-state index in [4.69, 9.17) is 49.7 Å². The molecule has 0 aliphatic carbocycles. The topological polar surface area (TPSA) is 32.3 Å².